The van der Waals surface area contributed by atoms with Gasteiger partial charge in [-0.1, -0.05) is 11.6 Å². The number of rotatable bonds is 6. The minimum absolute atomic E-state index is 0.00264. The molecule has 0 bridgehead atoms. The number of esters is 1. The second-order valence-electron chi connectivity index (χ2n) is 6.84. The van der Waals surface area contributed by atoms with Crippen molar-refractivity contribution in [2.24, 2.45) is 0 Å². The van der Waals surface area contributed by atoms with E-state index in [0.29, 0.717) is 23.6 Å². The molecule has 1 saturated heterocycles. The van der Waals surface area contributed by atoms with Crippen molar-refractivity contribution in [2.45, 2.75) is 19.4 Å². The predicted molar refractivity (Wildman–Crippen MR) is 116 cm³/mol. The molecule has 1 aliphatic rings. The maximum Gasteiger partial charge on any atom is 0.338 e. The number of nitrogens with two attached hydrogens (primary N) is 1. The maximum absolute atomic E-state index is 12.4. The van der Waals surface area contributed by atoms with Crippen molar-refractivity contribution in [1.29, 1.82) is 0 Å². The van der Waals surface area contributed by atoms with Crippen LogP contribution in [0.15, 0.2) is 48.5 Å². The van der Waals surface area contributed by atoms with E-state index in [9.17, 15) is 9.59 Å². The summed E-state index contributed by atoms with van der Waals surface area (Å²) >= 11 is 5.88. The topological polar surface area (TPSA) is 123 Å². The number of hydrogen-bond donors (Lipinski definition) is 2. The SMILES string of the molecule is Nc1nc(COC(=O)c2ccc(N3CCCC3=O)cc2)nc(Nc2ccc(Cl)cc2)n1. The summed E-state index contributed by atoms with van der Waals surface area (Å²) in [7, 11) is 0. The summed E-state index contributed by atoms with van der Waals surface area (Å²) in [6, 6.07) is 13.7. The third-order valence-corrected chi connectivity index (χ3v) is 4.87. The van der Waals surface area contributed by atoms with Gasteiger partial charge in [-0.15, -0.1) is 0 Å². The quantitative estimate of drug-likeness (QED) is 0.561. The van der Waals surface area contributed by atoms with Gasteiger partial charge in [0.2, 0.25) is 17.8 Å². The van der Waals surface area contributed by atoms with Crippen LogP contribution in [0.4, 0.5) is 23.3 Å². The number of halogens is 1. The summed E-state index contributed by atoms with van der Waals surface area (Å²) in [5.74, 6) is -0.0227. The van der Waals surface area contributed by atoms with Crippen LogP contribution in [0, 0.1) is 0 Å². The molecule has 158 valence electrons. The molecule has 0 radical (unpaired) electrons. The number of carbonyl (C=O) groups is 2. The molecule has 0 aliphatic carbocycles. The van der Waals surface area contributed by atoms with Gasteiger partial charge in [-0.3, -0.25) is 4.79 Å². The smallest absolute Gasteiger partial charge is 0.338 e. The minimum Gasteiger partial charge on any atom is -0.454 e. The van der Waals surface area contributed by atoms with E-state index < -0.39 is 5.97 Å². The van der Waals surface area contributed by atoms with Gasteiger partial charge in [0.25, 0.3) is 0 Å². The van der Waals surface area contributed by atoms with E-state index in [-0.39, 0.29) is 30.2 Å². The molecule has 3 N–H and O–H groups in total. The monoisotopic (exact) mass is 438 g/mol. The summed E-state index contributed by atoms with van der Waals surface area (Å²) in [6.45, 7) is 0.517. The molecule has 31 heavy (non-hydrogen) atoms. The van der Waals surface area contributed by atoms with Crippen molar-refractivity contribution in [3.05, 3.63) is 64.9 Å². The molecule has 0 unspecified atom stereocenters. The number of benzene rings is 2. The number of hydrogen-bond acceptors (Lipinski definition) is 8. The third-order valence-electron chi connectivity index (χ3n) is 4.62. The van der Waals surface area contributed by atoms with Crippen LogP contribution in [0.5, 0.6) is 0 Å². The number of nitrogens with one attached hydrogen (secondary N) is 1. The van der Waals surface area contributed by atoms with Crippen LogP contribution < -0.4 is 16.0 Å². The maximum atomic E-state index is 12.4. The highest BCUT2D eigenvalue weighted by Crippen LogP contribution is 2.22. The predicted octanol–water partition coefficient (Wildman–Crippen LogP) is 3.33. The van der Waals surface area contributed by atoms with Gasteiger partial charge >= 0.3 is 5.97 Å². The van der Waals surface area contributed by atoms with Gasteiger partial charge in [0, 0.05) is 29.4 Å². The summed E-state index contributed by atoms with van der Waals surface area (Å²) in [6.07, 6.45) is 1.39. The Labute approximate surface area is 183 Å². The normalized spacial score (nSPS) is 13.3. The number of aromatic nitrogens is 3. The Kier molecular flexibility index (Phi) is 5.94. The van der Waals surface area contributed by atoms with E-state index >= 15 is 0 Å². The second-order valence-corrected chi connectivity index (χ2v) is 7.27. The minimum atomic E-state index is -0.537. The molecule has 10 heteroatoms. The Morgan fingerprint density at radius 2 is 1.84 bits per heavy atom. The van der Waals surface area contributed by atoms with Crippen LogP contribution in [0.3, 0.4) is 0 Å². The van der Waals surface area contributed by atoms with Crippen LogP contribution in [0.2, 0.25) is 5.02 Å². The molecule has 0 spiro atoms. The van der Waals surface area contributed by atoms with Gasteiger partial charge < -0.3 is 20.7 Å². The summed E-state index contributed by atoms with van der Waals surface area (Å²) < 4.78 is 5.30. The summed E-state index contributed by atoms with van der Waals surface area (Å²) in [5, 5.41) is 3.60. The van der Waals surface area contributed by atoms with Crippen molar-refractivity contribution < 1.29 is 14.3 Å². The van der Waals surface area contributed by atoms with Crippen LogP contribution in [0.25, 0.3) is 0 Å². The van der Waals surface area contributed by atoms with Crippen molar-refractivity contribution in [1.82, 2.24) is 15.0 Å². The van der Waals surface area contributed by atoms with E-state index in [0.717, 1.165) is 17.8 Å². The highest BCUT2D eigenvalue weighted by molar-refractivity contribution is 6.30. The van der Waals surface area contributed by atoms with Gasteiger partial charge in [0.05, 0.1) is 5.56 Å². The highest BCUT2D eigenvalue weighted by atomic mass is 35.5. The molecule has 0 atom stereocenters. The molecule has 9 nitrogen and oxygen atoms in total. The molecule has 3 aromatic rings. The zero-order chi connectivity index (χ0) is 21.8. The Morgan fingerprint density at radius 1 is 1.10 bits per heavy atom. The average Bonchev–Trinajstić information content (AvgIpc) is 3.19. The number of ether oxygens (including phenoxy) is 1. The average molecular weight is 439 g/mol. The first-order valence-electron chi connectivity index (χ1n) is 9.58. The molecule has 1 aliphatic heterocycles. The van der Waals surface area contributed by atoms with E-state index in [4.69, 9.17) is 22.1 Å². The van der Waals surface area contributed by atoms with E-state index in [1.165, 1.54) is 0 Å². The van der Waals surface area contributed by atoms with E-state index in [1.807, 2.05) is 0 Å². The molecular weight excluding hydrogens is 420 g/mol. The first-order valence-corrected chi connectivity index (χ1v) is 9.96. The first-order chi connectivity index (χ1) is 15.0. The van der Waals surface area contributed by atoms with Crippen LogP contribution in [-0.4, -0.2) is 33.4 Å². The van der Waals surface area contributed by atoms with E-state index in [1.54, 1.807) is 53.4 Å². The standard InChI is InChI=1S/C21H19ClN6O3/c22-14-5-7-15(8-6-14)24-21-26-17(25-20(23)27-21)12-31-19(30)13-3-9-16(10-4-13)28-11-1-2-18(28)29/h3-10H,1-2,11-12H2,(H3,23,24,25,26,27). The number of carbonyl (C=O) groups excluding carboxylic acids is 2. The van der Waals surface area contributed by atoms with E-state index in [2.05, 4.69) is 20.3 Å². The fraction of sp³-hybridized carbons (Fsp3) is 0.190. The van der Waals surface area contributed by atoms with Gasteiger partial charge in [-0.2, -0.15) is 15.0 Å². The molecule has 2 aromatic carbocycles. The zero-order valence-electron chi connectivity index (χ0n) is 16.4. The van der Waals surface area contributed by atoms with Gasteiger partial charge in [-0.25, -0.2) is 4.79 Å². The fourth-order valence-electron chi connectivity index (χ4n) is 3.13. The lowest BCUT2D eigenvalue weighted by Gasteiger charge is -2.15. The van der Waals surface area contributed by atoms with Crippen LogP contribution >= 0.6 is 11.6 Å². The van der Waals surface area contributed by atoms with Crippen molar-refractivity contribution in [2.75, 3.05) is 22.5 Å². The van der Waals surface area contributed by atoms with Crippen LogP contribution in [0.1, 0.15) is 29.0 Å². The number of anilines is 4. The largest absolute Gasteiger partial charge is 0.454 e. The summed E-state index contributed by atoms with van der Waals surface area (Å²) in [4.78, 5) is 38.2. The number of nitrogens with zero attached hydrogens (tertiary/aromatic N) is 4. The highest BCUT2D eigenvalue weighted by Gasteiger charge is 2.21. The Balaban J connectivity index is 1.39. The van der Waals surface area contributed by atoms with Gasteiger partial charge in [0.15, 0.2) is 12.4 Å². The zero-order valence-corrected chi connectivity index (χ0v) is 17.2. The van der Waals surface area contributed by atoms with Crippen molar-refractivity contribution in [3.63, 3.8) is 0 Å². The summed E-state index contributed by atoms with van der Waals surface area (Å²) in [5.41, 5.74) is 7.59. The van der Waals surface area contributed by atoms with Gasteiger partial charge in [-0.05, 0) is 55.0 Å². The molecule has 1 fully saturated rings. The molecule has 1 amide bonds. The third kappa shape index (κ3) is 5.07. The molecule has 2 heterocycles. The van der Waals surface area contributed by atoms with Crippen molar-refractivity contribution >= 4 is 46.7 Å². The van der Waals surface area contributed by atoms with Crippen LogP contribution in [-0.2, 0) is 16.1 Å². The lowest BCUT2D eigenvalue weighted by Crippen LogP contribution is -2.23. The lowest BCUT2D eigenvalue weighted by atomic mass is 10.2. The lowest BCUT2D eigenvalue weighted by molar-refractivity contribution is -0.117. The Bertz CT molecular complexity index is 1110. The number of nitrogen functional groups attached to an aromatic ring is 1. The second kappa shape index (κ2) is 8.97. The first kappa shape index (κ1) is 20.5. The number of amides is 1. The van der Waals surface area contributed by atoms with Gasteiger partial charge in [0.1, 0.15) is 0 Å². The molecule has 4 rings (SSSR count). The fourth-order valence-corrected chi connectivity index (χ4v) is 3.26. The molecule has 1 aromatic heterocycles. The molecule has 0 saturated carbocycles. The van der Waals surface area contributed by atoms with Crippen molar-refractivity contribution in [3.8, 4) is 0 Å². The molecular formula is C21H19ClN6O3. The Hall–Kier alpha value is -3.72. The Morgan fingerprint density at radius 3 is 2.52 bits per heavy atom.